The summed E-state index contributed by atoms with van der Waals surface area (Å²) in [5, 5.41) is 0. The van der Waals surface area contributed by atoms with E-state index < -0.39 is 19.8 Å². The molecule has 2 heteroatoms. The van der Waals surface area contributed by atoms with Gasteiger partial charge in [-0.1, -0.05) is 0 Å². The minimum atomic E-state index is -1.43. The van der Waals surface area contributed by atoms with Crippen LogP contribution in [0.4, 0.5) is 0 Å². The Morgan fingerprint density at radius 1 is 0.500 bits per heavy atom. The molecule has 0 atom stereocenters. The summed E-state index contributed by atoms with van der Waals surface area (Å²) in [5.41, 5.74) is 0. The monoisotopic (exact) mass is 371 g/mol. The molecule has 0 aliphatic heterocycles. The van der Waals surface area contributed by atoms with Gasteiger partial charge in [-0.25, -0.2) is 0 Å². The van der Waals surface area contributed by atoms with E-state index >= 15 is 0 Å². The van der Waals surface area contributed by atoms with Crippen LogP contribution in [0.2, 0.25) is 10.3 Å². The number of rotatable bonds is 0. The molecule has 1 radical (unpaired) electrons. The molecule has 0 nitrogen and oxygen atoms in total. The van der Waals surface area contributed by atoms with Crippen molar-refractivity contribution in [3.63, 3.8) is 0 Å². The fourth-order valence-corrected chi connectivity index (χ4v) is 22.6. The van der Waals surface area contributed by atoms with Crippen molar-refractivity contribution in [3.8, 4) is 0 Å². The third-order valence-corrected chi connectivity index (χ3v) is 15.1. The van der Waals surface area contributed by atoms with Gasteiger partial charge in [0.1, 0.15) is 0 Å². The molecule has 0 saturated heterocycles. The van der Waals surface area contributed by atoms with Gasteiger partial charge in [0.25, 0.3) is 0 Å². The van der Waals surface area contributed by atoms with Crippen molar-refractivity contribution >= 4 is 36.7 Å². The third-order valence-electron chi connectivity index (χ3n) is 2.25. The second-order valence-electron chi connectivity index (χ2n) is 7.12. The van der Waals surface area contributed by atoms with Crippen LogP contribution in [-0.4, -0.2) is 19.8 Å². The van der Waals surface area contributed by atoms with Crippen molar-refractivity contribution in [2.45, 2.75) is 72.6 Å². The molecule has 0 bridgehead atoms. The first-order valence-electron chi connectivity index (χ1n) is 5.25. The molecule has 0 heterocycles. The molecule has 0 spiro atoms. The van der Waals surface area contributed by atoms with Crippen LogP contribution in [0.15, 0.2) is 0 Å². The molecule has 0 amide bonds. The normalized spacial score (nSPS) is 14.1. The van der Waals surface area contributed by atoms with E-state index in [4.69, 9.17) is 0 Å². The Morgan fingerprint density at radius 2 is 0.643 bits per heavy atom. The maximum absolute atomic E-state index is 2.44. The molecule has 0 rings (SSSR count). The van der Waals surface area contributed by atoms with Crippen LogP contribution in [0.1, 0.15) is 62.3 Å². The van der Waals surface area contributed by atoms with Crippen LogP contribution in [-0.2, 0) is 0 Å². The quantitative estimate of drug-likeness (QED) is 0.497. The molecule has 0 unspecified atom stereocenters. The molecule has 87 valence electrons. The van der Waals surface area contributed by atoms with Gasteiger partial charge in [-0.05, 0) is 0 Å². The summed E-state index contributed by atoms with van der Waals surface area (Å²) < 4.78 is 1.75. The Balaban J connectivity index is 0. The molecule has 14 heavy (non-hydrogen) atoms. The van der Waals surface area contributed by atoms with Crippen molar-refractivity contribution < 1.29 is 0 Å². The van der Waals surface area contributed by atoms with E-state index in [1.165, 1.54) is 0 Å². The molecule has 0 N–H and O–H groups in total. The molecule has 0 saturated carbocycles. The van der Waals surface area contributed by atoms with Gasteiger partial charge in [0.15, 0.2) is 0 Å². The van der Waals surface area contributed by atoms with Crippen molar-refractivity contribution in [3.05, 3.63) is 0 Å². The van der Waals surface area contributed by atoms with Crippen molar-refractivity contribution in [2.24, 2.45) is 0 Å². The van der Waals surface area contributed by atoms with Crippen molar-refractivity contribution in [1.29, 1.82) is 0 Å². The standard InChI is InChI=1S/3C4H9.BrH.Sn/c3*1-4(2)3;;/h3*1-3H3;1H;. The molecule has 0 aliphatic rings. The first-order chi connectivity index (χ1) is 5.37. The molecular formula is C12H28BrSn. The molecule has 0 aromatic rings. The average Bonchev–Trinajstić information content (AvgIpc) is 1.44. The fraction of sp³-hybridized carbons (Fsp3) is 1.00. The zero-order chi connectivity index (χ0) is 11.1. The van der Waals surface area contributed by atoms with Crippen LogP contribution in [0.25, 0.3) is 0 Å². The summed E-state index contributed by atoms with van der Waals surface area (Å²) >= 11 is -1.43. The van der Waals surface area contributed by atoms with Crippen LogP contribution in [0, 0.1) is 0 Å². The summed E-state index contributed by atoms with van der Waals surface area (Å²) in [6.45, 7) is 22.0. The van der Waals surface area contributed by atoms with Crippen molar-refractivity contribution in [2.75, 3.05) is 0 Å². The molecule has 0 aromatic heterocycles. The fourth-order valence-electron chi connectivity index (χ4n) is 3.38. The SMILES string of the molecule is Br.C[C](C)(C)[Sn]([C](C)(C)C)[C](C)(C)C. The maximum atomic E-state index is 2.44. The Labute approximate surface area is 109 Å². The van der Waals surface area contributed by atoms with Gasteiger partial charge in [0.2, 0.25) is 0 Å². The summed E-state index contributed by atoms with van der Waals surface area (Å²) in [6.07, 6.45) is 0. The summed E-state index contributed by atoms with van der Waals surface area (Å²) in [7, 11) is 0. The Kier molecular flexibility index (Phi) is 6.40. The molecule has 0 fully saturated rings. The minimum absolute atomic E-state index is 0. The van der Waals surface area contributed by atoms with E-state index in [0.29, 0.717) is 10.3 Å². The van der Waals surface area contributed by atoms with Gasteiger partial charge in [0.05, 0.1) is 0 Å². The van der Waals surface area contributed by atoms with E-state index in [0.717, 1.165) is 0 Å². The first-order valence-corrected chi connectivity index (χ1v) is 9.53. The topological polar surface area (TPSA) is 0 Å². The number of hydrogen-bond acceptors (Lipinski definition) is 0. The Bertz CT molecular complexity index is 133. The zero-order valence-electron chi connectivity index (χ0n) is 11.4. The van der Waals surface area contributed by atoms with Gasteiger partial charge in [-0.3, -0.25) is 0 Å². The summed E-state index contributed by atoms with van der Waals surface area (Å²) in [6, 6.07) is 0. The Morgan fingerprint density at radius 3 is 0.643 bits per heavy atom. The Hall–Kier alpha value is 1.28. The van der Waals surface area contributed by atoms with Gasteiger partial charge in [0, 0.05) is 0 Å². The summed E-state index contributed by atoms with van der Waals surface area (Å²) in [5.74, 6) is 0. The van der Waals surface area contributed by atoms with Crippen LogP contribution in [0.5, 0.6) is 0 Å². The number of halogens is 1. The predicted molar refractivity (Wildman–Crippen MR) is 75.2 cm³/mol. The van der Waals surface area contributed by atoms with E-state index in [1.807, 2.05) is 0 Å². The zero-order valence-corrected chi connectivity index (χ0v) is 16.0. The van der Waals surface area contributed by atoms with Crippen LogP contribution in [0.3, 0.4) is 0 Å². The average molecular weight is 371 g/mol. The third kappa shape index (κ3) is 5.39. The van der Waals surface area contributed by atoms with E-state index in [-0.39, 0.29) is 17.0 Å². The van der Waals surface area contributed by atoms with Gasteiger partial charge < -0.3 is 0 Å². The van der Waals surface area contributed by atoms with E-state index in [9.17, 15) is 0 Å². The summed E-state index contributed by atoms with van der Waals surface area (Å²) in [4.78, 5) is 0. The molecule has 0 aromatic carbocycles. The van der Waals surface area contributed by atoms with Crippen molar-refractivity contribution in [1.82, 2.24) is 0 Å². The second kappa shape index (κ2) is 5.07. The predicted octanol–water partition coefficient (Wildman–Crippen LogP) is 5.46. The molecular weight excluding hydrogens is 343 g/mol. The molecule has 0 aliphatic carbocycles. The van der Waals surface area contributed by atoms with Gasteiger partial charge in [-0.15, -0.1) is 17.0 Å². The second-order valence-corrected chi connectivity index (χ2v) is 22.1. The van der Waals surface area contributed by atoms with E-state index in [2.05, 4.69) is 62.3 Å². The van der Waals surface area contributed by atoms with Crippen LogP contribution < -0.4 is 0 Å². The first kappa shape index (κ1) is 17.7. The van der Waals surface area contributed by atoms with Gasteiger partial charge >= 0.3 is 92.4 Å². The van der Waals surface area contributed by atoms with Crippen LogP contribution >= 0.6 is 17.0 Å². The number of hydrogen-bond donors (Lipinski definition) is 0. The van der Waals surface area contributed by atoms with E-state index in [1.54, 1.807) is 0 Å². The van der Waals surface area contributed by atoms with Gasteiger partial charge in [-0.2, -0.15) is 0 Å².